The van der Waals surface area contributed by atoms with Crippen LogP contribution in [-0.4, -0.2) is 14.6 Å². The number of rotatable bonds is 2. The van der Waals surface area contributed by atoms with E-state index in [2.05, 4.69) is 30.1 Å². The average molecular weight is 200 g/mol. The summed E-state index contributed by atoms with van der Waals surface area (Å²) in [7, 11) is 0. The first kappa shape index (κ1) is 9.66. The maximum atomic E-state index is 8.82. The minimum atomic E-state index is 0.356. The molecule has 0 aliphatic carbocycles. The van der Waals surface area contributed by atoms with Crippen molar-refractivity contribution >= 4 is 5.65 Å². The van der Waals surface area contributed by atoms with Gasteiger partial charge in [0.2, 0.25) is 0 Å². The van der Waals surface area contributed by atoms with Gasteiger partial charge in [0.25, 0.3) is 0 Å². The van der Waals surface area contributed by atoms with Crippen LogP contribution in [0.3, 0.4) is 0 Å². The number of fused-ring (bicyclic) bond motifs is 1. The van der Waals surface area contributed by atoms with Gasteiger partial charge in [-0.2, -0.15) is 5.26 Å². The Morgan fingerprint density at radius 2 is 2.27 bits per heavy atom. The van der Waals surface area contributed by atoms with E-state index in [1.165, 1.54) is 0 Å². The lowest BCUT2D eigenvalue weighted by Gasteiger charge is -2.05. The summed E-state index contributed by atoms with van der Waals surface area (Å²) in [5.74, 6) is 1.28. The summed E-state index contributed by atoms with van der Waals surface area (Å²) in [5.41, 5.74) is 1.43. The average Bonchev–Trinajstić information content (AvgIpc) is 2.70. The fourth-order valence-electron chi connectivity index (χ4n) is 1.49. The van der Waals surface area contributed by atoms with Gasteiger partial charge in [0, 0.05) is 12.1 Å². The molecule has 0 bridgehead atoms. The highest BCUT2D eigenvalue weighted by Crippen LogP contribution is 2.17. The van der Waals surface area contributed by atoms with Crippen LogP contribution < -0.4 is 0 Å². The lowest BCUT2D eigenvalue weighted by molar-refractivity contribution is 0.669. The second-order valence-corrected chi connectivity index (χ2v) is 3.63. The summed E-state index contributed by atoms with van der Waals surface area (Å²) in [4.78, 5) is 0. The van der Waals surface area contributed by atoms with Crippen LogP contribution in [0.2, 0.25) is 0 Å². The van der Waals surface area contributed by atoms with Gasteiger partial charge in [-0.25, -0.2) is 0 Å². The molecule has 0 N–H and O–H groups in total. The molecule has 4 nitrogen and oxygen atoms in total. The van der Waals surface area contributed by atoms with Crippen LogP contribution in [0, 0.1) is 11.3 Å². The maximum absolute atomic E-state index is 8.82. The quantitative estimate of drug-likeness (QED) is 0.746. The molecule has 0 saturated carbocycles. The van der Waals surface area contributed by atoms with Crippen molar-refractivity contribution in [3.05, 3.63) is 29.7 Å². The maximum Gasteiger partial charge on any atom is 0.160 e. The molecule has 2 aromatic rings. The smallest absolute Gasteiger partial charge is 0.160 e. The molecule has 2 rings (SSSR count). The molecular weight excluding hydrogens is 188 g/mol. The molecular formula is C11H12N4. The highest BCUT2D eigenvalue weighted by atomic mass is 15.2. The Bertz CT molecular complexity index is 521. The van der Waals surface area contributed by atoms with Gasteiger partial charge in [-0.05, 0) is 18.6 Å². The van der Waals surface area contributed by atoms with Gasteiger partial charge < -0.3 is 0 Å². The first-order chi connectivity index (χ1) is 7.26. The minimum absolute atomic E-state index is 0.356. The molecule has 0 amide bonds. The van der Waals surface area contributed by atoms with Crippen molar-refractivity contribution in [3.8, 4) is 6.07 Å². The van der Waals surface area contributed by atoms with E-state index in [-0.39, 0.29) is 0 Å². The Hall–Kier alpha value is -1.89. The molecule has 0 aromatic carbocycles. The van der Waals surface area contributed by atoms with E-state index in [0.717, 1.165) is 17.9 Å². The first-order valence-corrected chi connectivity index (χ1v) is 5.01. The Labute approximate surface area is 88.2 Å². The molecule has 0 fully saturated rings. The molecule has 1 atom stereocenters. The van der Waals surface area contributed by atoms with E-state index >= 15 is 0 Å². The van der Waals surface area contributed by atoms with Gasteiger partial charge in [0.05, 0.1) is 5.56 Å². The highest BCUT2D eigenvalue weighted by molar-refractivity contribution is 5.42. The fraction of sp³-hybridized carbons (Fsp3) is 0.364. The Kier molecular flexibility index (Phi) is 2.38. The topological polar surface area (TPSA) is 54.0 Å². The fourth-order valence-corrected chi connectivity index (χ4v) is 1.49. The molecule has 15 heavy (non-hydrogen) atoms. The minimum Gasteiger partial charge on any atom is -0.285 e. The molecule has 0 saturated heterocycles. The van der Waals surface area contributed by atoms with Crippen LogP contribution in [0.25, 0.3) is 5.65 Å². The van der Waals surface area contributed by atoms with E-state index in [1.807, 2.05) is 10.5 Å². The van der Waals surface area contributed by atoms with Crippen molar-refractivity contribution in [1.29, 1.82) is 5.26 Å². The largest absolute Gasteiger partial charge is 0.285 e. The molecule has 2 aromatic heterocycles. The van der Waals surface area contributed by atoms with Crippen molar-refractivity contribution in [2.45, 2.75) is 26.2 Å². The van der Waals surface area contributed by atoms with Crippen LogP contribution in [0.1, 0.15) is 37.6 Å². The van der Waals surface area contributed by atoms with Crippen molar-refractivity contribution in [2.24, 2.45) is 0 Å². The lowest BCUT2D eigenvalue weighted by Crippen LogP contribution is -1.99. The third-order valence-electron chi connectivity index (χ3n) is 2.61. The number of hydrogen-bond acceptors (Lipinski definition) is 3. The predicted octanol–water partition coefficient (Wildman–Crippen LogP) is 2.11. The Balaban J connectivity index is 2.62. The monoisotopic (exact) mass is 200 g/mol. The van der Waals surface area contributed by atoms with Gasteiger partial charge in [0.15, 0.2) is 5.65 Å². The molecule has 0 spiro atoms. The molecule has 2 heterocycles. The van der Waals surface area contributed by atoms with Gasteiger partial charge in [-0.3, -0.25) is 4.40 Å². The molecule has 0 aliphatic rings. The van der Waals surface area contributed by atoms with Crippen LogP contribution in [0.15, 0.2) is 18.3 Å². The standard InChI is InChI=1S/C11H12N4/c1-3-8(2)11-14-13-10-5-4-9(6-12)7-15(10)11/h4-5,7-8H,3H2,1-2H3. The summed E-state index contributed by atoms with van der Waals surface area (Å²) in [6.07, 6.45) is 2.80. The third-order valence-corrected chi connectivity index (χ3v) is 2.61. The molecule has 0 aliphatic heterocycles. The first-order valence-electron chi connectivity index (χ1n) is 5.01. The van der Waals surface area contributed by atoms with E-state index < -0.39 is 0 Å². The highest BCUT2D eigenvalue weighted by Gasteiger charge is 2.11. The Morgan fingerprint density at radius 3 is 2.93 bits per heavy atom. The summed E-state index contributed by atoms with van der Waals surface area (Å²) < 4.78 is 1.90. The van der Waals surface area contributed by atoms with E-state index in [9.17, 15) is 0 Å². The molecule has 4 heteroatoms. The second-order valence-electron chi connectivity index (χ2n) is 3.63. The van der Waals surface area contributed by atoms with Crippen molar-refractivity contribution < 1.29 is 0 Å². The number of nitriles is 1. The summed E-state index contributed by atoms with van der Waals surface area (Å²) in [6.45, 7) is 4.22. The van der Waals surface area contributed by atoms with Crippen molar-refractivity contribution in [3.63, 3.8) is 0 Å². The van der Waals surface area contributed by atoms with E-state index in [1.54, 1.807) is 12.3 Å². The van der Waals surface area contributed by atoms with E-state index in [0.29, 0.717) is 11.5 Å². The second kappa shape index (κ2) is 3.70. The van der Waals surface area contributed by atoms with Crippen LogP contribution in [0.5, 0.6) is 0 Å². The van der Waals surface area contributed by atoms with E-state index in [4.69, 9.17) is 5.26 Å². The van der Waals surface area contributed by atoms with Gasteiger partial charge in [-0.1, -0.05) is 13.8 Å². The number of aromatic nitrogens is 3. The number of nitrogens with zero attached hydrogens (tertiary/aromatic N) is 4. The number of pyridine rings is 1. The SMILES string of the molecule is CCC(C)c1nnc2ccc(C#N)cn12. The molecule has 76 valence electrons. The number of hydrogen-bond donors (Lipinski definition) is 0. The van der Waals surface area contributed by atoms with Gasteiger partial charge in [0.1, 0.15) is 11.9 Å². The Morgan fingerprint density at radius 1 is 1.47 bits per heavy atom. The normalized spacial score (nSPS) is 12.6. The van der Waals surface area contributed by atoms with Crippen molar-refractivity contribution in [1.82, 2.24) is 14.6 Å². The predicted molar refractivity (Wildman–Crippen MR) is 56.4 cm³/mol. The van der Waals surface area contributed by atoms with Crippen LogP contribution >= 0.6 is 0 Å². The van der Waals surface area contributed by atoms with Crippen LogP contribution in [-0.2, 0) is 0 Å². The molecule has 1 unspecified atom stereocenters. The van der Waals surface area contributed by atoms with Crippen LogP contribution in [0.4, 0.5) is 0 Å². The summed E-state index contributed by atoms with van der Waals surface area (Å²) >= 11 is 0. The zero-order chi connectivity index (χ0) is 10.8. The zero-order valence-electron chi connectivity index (χ0n) is 8.81. The zero-order valence-corrected chi connectivity index (χ0v) is 8.81. The third kappa shape index (κ3) is 1.57. The summed E-state index contributed by atoms with van der Waals surface area (Å²) in [6, 6.07) is 5.69. The summed E-state index contributed by atoms with van der Waals surface area (Å²) in [5, 5.41) is 17.0. The van der Waals surface area contributed by atoms with Gasteiger partial charge in [-0.15, -0.1) is 10.2 Å². The lowest BCUT2D eigenvalue weighted by atomic mass is 10.1. The van der Waals surface area contributed by atoms with Gasteiger partial charge >= 0.3 is 0 Å². The van der Waals surface area contributed by atoms with Crippen molar-refractivity contribution in [2.75, 3.05) is 0 Å². The molecule has 0 radical (unpaired) electrons.